The molecular formula is C22H24N2O2S. The fraction of sp³-hybridized carbons (Fsp3) is 0.364. The molecular weight excluding hydrogens is 356 g/mol. The highest BCUT2D eigenvalue weighted by Crippen LogP contribution is 2.40. The van der Waals surface area contributed by atoms with Crippen LogP contribution in [0.15, 0.2) is 47.8 Å². The van der Waals surface area contributed by atoms with Gasteiger partial charge in [-0.25, -0.2) is 0 Å². The summed E-state index contributed by atoms with van der Waals surface area (Å²) < 4.78 is 13.6. The van der Waals surface area contributed by atoms with Crippen LogP contribution in [0.25, 0.3) is 21.2 Å². The molecule has 1 fully saturated rings. The lowest BCUT2D eigenvalue weighted by Crippen LogP contribution is -2.54. The summed E-state index contributed by atoms with van der Waals surface area (Å²) in [5, 5.41) is 3.46. The third-order valence-electron chi connectivity index (χ3n) is 5.77. The molecule has 2 aliphatic heterocycles. The Morgan fingerprint density at radius 1 is 1.15 bits per heavy atom. The van der Waals surface area contributed by atoms with Gasteiger partial charge < -0.3 is 14.4 Å². The zero-order valence-electron chi connectivity index (χ0n) is 15.7. The van der Waals surface area contributed by atoms with E-state index in [1.807, 2.05) is 0 Å². The van der Waals surface area contributed by atoms with Crippen molar-refractivity contribution in [3.05, 3.63) is 53.4 Å². The number of rotatable bonds is 2. The van der Waals surface area contributed by atoms with Crippen molar-refractivity contribution in [2.24, 2.45) is 0 Å². The van der Waals surface area contributed by atoms with Gasteiger partial charge in [0.05, 0.1) is 6.04 Å². The largest absolute Gasteiger partial charge is 0.491 e. The van der Waals surface area contributed by atoms with Crippen LogP contribution in [0.3, 0.4) is 0 Å². The quantitative estimate of drug-likeness (QED) is 0.665. The van der Waals surface area contributed by atoms with Gasteiger partial charge in [0.15, 0.2) is 0 Å². The number of hydrogen-bond acceptors (Lipinski definition) is 5. The Labute approximate surface area is 163 Å². The zero-order chi connectivity index (χ0) is 18.4. The Morgan fingerprint density at radius 3 is 2.96 bits per heavy atom. The number of hydrogen-bond donors (Lipinski definition) is 0. The van der Waals surface area contributed by atoms with Crippen LogP contribution in [0.2, 0.25) is 0 Å². The van der Waals surface area contributed by atoms with E-state index in [0.29, 0.717) is 12.6 Å². The molecule has 0 aliphatic carbocycles. The zero-order valence-corrected chi connectivity index (χ0v) is 16.5. The monoisotopic (exact) mass is 380 g/mol. The maximum Gasteiger partial charge on any atom is 0.140 e. The van der Waals surface area contributed by atoms with Crippen molar-refractivity contribution in [3.63, 3.8) is 0 Å². The van der Waals surface area contributed by atoms with Crippen molar-refractivity contribution < 1.29 is 9.47 Å². The summed E-state index contributed by atoms with van der Waals surface area (Å²) in [6.45, 7) is 3.76. The molecule has 2 unspecified atom stereocenters. The lowest BCUT2D eigenvalue weighted by atomic mass is 9.99. The molecule has 0 saturated carbocycles. The molecule has 0 bridgehead atoms. The first kappa shape index (κ1) is 17.2. The fourth-order valence-electron chi connectivity index (χ4n) is 4.39. The summed E-state index contributed by atoms with van der Waals surface area (Å²) in [5.41, 5.74) is 3.59. The number of ether oxygens (including phenoxy) is 2. The summed E-state index contributed by atoms with van der Waals surface area (Å²) in [7, 11) is 3.98. The van der Waals surface area contributed by atoms with Crippen LogP contribution in [-0.4, -0.2) is 56.2 Å². The predicted molar refractivity (Wildman–Crippen MR) is 110 cm³/mol. The maximum atomic E-state index is 6.31. The molecule has 140 valence electrons. The normalized spacial score (nSPS) is 23.5. The smallest absolute Gasteiger partial charge is 0.140 e. The molecule has 0 amide bonds. The van der Waals surface area contributed by atoms with Crippen LogP contribution in [0.5, 0.6) is 5.75 Å². The van der Waals surface area contributed by atoms with Gasteiger partial charge in [-0.15, -0.1) is 11.3 Å². The number of benzene rings is 2. The van der Waals surface area contributed by atoms with Gasteiger partial charge in [-0.2, -0.15) is 0 Å². The molecule has 2 aliphatic rings. The van der Waals surface area contributed by atoms with Gasteiger partial charge in [0.25, 0.3) is 0 Å². The van der Waals surface area contributed by atoms with Gasteiger partial charge in [-0.1, -0.05) is 24.3 Å². The van der Waals surface area contributed by atoms with E-state index < -0.39 is 0 Å². The SMILES string of the molecule is COC1c2ccc(-c3cccc4sccc34)cc2OCC2CN(C)CCN21. The molecule has 3 aromatic rings. The van der Waals surface area contributed by atoms with E-state index in [9.17, 15) is 0 Å². The molecule has 4 nitrogen and oxygen atoms in total. The van der Waals surface area contributed by atoms with Gasteiger partial charge in [0, 0.05) is 42.4 Å². The molecule has 0 N–H and O–H groups in total. The van der Waals surface area contributed by atoms with Gasteiger partial charge in [-0.3, -0.25) is 4.90 Å². The second kappa shape index (κ2) is 6.91. The van der Waals surface area contributed by atoms with Crippen molar-refractivity contribution in [1.82, 2.24) is 9.80 Å². The molecule has 0 radical (unpaired) electrons. The van der Waals surface area contributed by atoms with Crippen molar-refractivity contribution in [2.75, 3.05) is 40.4 Å². The average molecular weight is 381 g/mol. The van der Waals surface area contributed by atoms with Crippen molar-refractivity contribution in [1.29, 1.82) is 0 Å². The summed E-state index contributed by atoms with van der Waals surface area (Å²) in [6, 6.07) is 15.6. The Kier molecular flexibility index (Phi) is 4.40. The van der Waals surface area contributed by atoms with Crippen LogP contribution in [-0.2, 0) is 4.74 Å². The van der Waals surface area contributed by atoms with Crippen LogP contribution in [0, 0.1) is 0 Å². The van der Waals surface area contributed by atoms with Crippen LogP contribution < -0.4 is 4.74 Å². The molecule has 5 heteroatoms. The summed E-state index contributed by atoms with van der Waals surface area (Å²) in [5.74, 6) is 0.948. The van der Waals surface area contributed by atoms with Gasteiger partial charge in [0.1, 0.15) is 18.6 Å². The van der Waals surface area contributed by atoms with Crippen molar-refractivity contribution >= 4 is 21.4 Å². The number of likely N-dealkylation sites (N-methyl/N-ethyl adjacent to an activating group) is 1. The molecule has 1 saturated heterocycles. The standard InChI is InChI=1S/C22H24N2O2S/c1-23-9-10-24-16(13-23)14-26-20-12-15(6-7-19(20)22(24)25-2)17-4-3-5-21-18(17)8-11-27-21/h3-8,11-12,16,22H,9-10,13-14H2,1-2H3. The highest BCUT2D eigenvalue weighted by Gasteiger charge is 2.36. The van der Waals surface area contributed by atoms with Gasteiger partial charge >= 0.3 is 0 Å². The molecule has 2 atom stereocenters. The van der Waals surface area contributed by atoms with E-state index in [1.54, 1.807) is 18.4 Å². The highest BCUT2D eigenvalue weighted by atomic mass is 32.1. The molecule has 2 aromatic carbocycles. The summed E-state index contributed by atoms with van der Waals surface area (Å²) in [6.07, 6.45) is -0.0489. The molecule has 1 aromatic heterocycles. The Hall–Kier alpha value is -1.92. The highest BCUT2D eigenvalue weighted by molar-refractivity contribution is 7.17. The molecule has 3 heterocycles. The van der Waals surface area contributed by atoms with Crippen molar-refractivity contribution in [3.8, 4) is 16.9 Å². The topological polar surface area (TPSA) is 24.9 Å². The third kappa shape index (κ3) is 2.95. The second-order valence-corrected chi connectivity index (χ2v) is 8.39. The maximum absolute atomic E-state index is 6.31. The Balaban J connectivity index is 1.57. The summed E-state index contributed by atoms with van der Waals surface area (Å²) >= 11 is 1.78. The lowest BCUT2D eigenvalue weighted by Gasteiger charge is -2.41. The minimum Gasteiger partial charge on any atom is -0.491 e. The number of nitrogens with zero attached hydrogens (tertiary/aromatic N) is 2. The number of fused-ring (bicyclic) bond motifs is 3. The van der Waals surface area contributed by atoms with Crippen LogP contribution in [0.4, 0.5) is 0 Å². The molecule has 5 rings (SSSR count). The fourth-order valence-corrected chi connectivity index (χ4v) is 5.20. The number of piperazine rings is 1. The third-order valence-corrected chi connectivity index (χ3v) is 6.66. The van der Waals surface area contributed by atoms with E-state index in [4.69, 9.17) is 9.47 Å². The predicted octanol–water partition coefficient (Wildman–Crippen LogP) is 4.22. The first-order valence-corrected chi connectivity index (χ1v) is 10.3. The number of methoxy groups -OCH3 is 1. The molecule has 0 spiro atoms. The van der Waals surface area contributed by atoms with Crippen molar-refractivity contribution in [2.45, 2.75) is 12.3 Å². The first-order valence-electron chi connectivity index (χ1n) is 9.45. The van der Waals surface area contributed by atoms with E-state index in [2.05, 4.69) is 64.7 Å². The van der Waals surface area contributed by atoms with E-state index in [-0.39, 0.29) is 6.23 Å². The van der Waals surface area contributed by atoms with E-state index in [1.165, 1.54) is 21.2 Å². The van der Waals surface area contributed by atoms with E-state index in [0.717, 1.165) is 30.9 Å². The Bertz CT molecular complexity index is 970. The lowest BCUT2D eigenvalue weighted by molar-refractivity contribution is -0.0817. The Morgan fingerprint density at radius 2 is 2.07 bits per heavy atom. The van der Waals surface area contributed by atoms with Crippen LogP contribution >= 0.6 is 11.3 Å². The van der Waals surface area contributed by atoms with Gasteiger partial charge in [-0.05, 0) is 41.8 Å². The van der Waals surface area contributed by atoms with Crippen LogP contribution in [0.1, 0.15) is 11.8 Å². The van der Waals surface area contributed by atoms with Gasteiger partial charge in [0.2, 0.25) is 0 Å². The number of thiophene rings is 1. The summed E-state index contributed by atoms with van der Waals surface area (Å²) in [4.78, 5) is 4.82. The minimum atomic E-state index is -0.0489. The average Bonchev–Trinajstić information content (AvgIpc) is 3.11. The van der Waals surface area contributed by atoms with E-state index >= 15 is 0 Å². The minimum absolute atomic E-state index is 0.0489. The molecule has 27 heavy (non-hydrogen) atoms. The first-order chi connectivity index (χ1) is 13.2. The second-order valence-electron chi connectivity index (χ2n) is 7.44.